The highest BCUT2D eigenvalue weighted by molar-refractivity contribution is 6.09. The quantitative estimate of drug-likeness (QED) is 0.509. The monoisotopic (exact) mass is 436 g/mol. The summed E-state index contributed by atoms with van der Waals surface area (Å²) in [7, 11) is 0. The van der Waals surface area contributed by atoms with E-state index in [0.717, 1.165) is 38.8 Å². The van der Waals surface area contributed by atoms with Gasteiger partial charge < -0.3 is 15.3 Å². The molecule has 0 saturated carbocycles. The third-order valence-electron chi connectivity index (χ3n) is 6.68. The van der Waals surface area contributed by atoms with E-state index in [-0.39, 0.29) is 11.6 Å². The number of hydrogen-bond acceptors (Lipinski definition) is 5. The molecule has 1 amide bonds. The van der Waals surface area contributed by atoms with E-state index in [1.54, 1.807) is 12.3 Å². The first-order valence-electron chi connectivity index (χ1n) is 10.8. The summed E-state index contributed by atoms with van der Waals surface area (Å²) in [6.07, 6.45) is 3.38. The van der Waals surface area contributed by atoms with Crippen molar-refractivity contribution in [3.8, 4) is 11.1 Å². The summed E-state index contributed by atoms with van der Waals surface area (Å²) >= 11 is 0. The highest BCUT2D eigenvalue weighted by Crippen LogP contribution is 2.45. The molecule has 0 unspecified atom stereocenters. The van der Waals surface area contributed by atoms with E-state index < -0.39 is 11.4 Å². The second-order valence-corrected chi connectivity index (χ2v) is 8.50. The number of benzene rings is 2. The fourth-order valence-corrected chi connectivity index (χ4v) is 4.94. The van der Waals surface area contributed by atoms with Gasteiger partial charge in [0.05, 0.1) is 12.2 Å². The number of aromatic nitrogens is 2. The van der Waals surface area contributed by atoms with Crippen molar-refractivity contribution < 1.29 is 14.7 Å². The third-order valence-corrected chi connectivity index (χ3v) is 6.68. The average molecular weight is 436 g/mol. The fraction of sp³-hybridized carbons (Fsp3) is 0.154. The van der Waals surface area contributed by atoms with Gasteiger partial charge in [0.2, 0.25) is 5.91 Å². The van der Waals surface area contributed by atoms with Crippen molar-refractivity contribution in [2.24, 2.45) is 0 Å². The third kappa shape index (κ3) is 2.86. The van der Waals surface area contributed by atoms with Gasteiger partial charge in [0.25, 0.3) is 0 Å². The molecule has 33 heavy (non-hydrogen) atoms. The van der Waals surface area contributed by atoms with E-state index in [1.807, 2.05) is 59.6 Å². The van der Waals surface area contributed by atoms with Crippen LogP contribution in [-0.4, -0.2) is 40.0 Å². The first-order chi connectivity index (χ1) is 16.1. The minimum absolute atomic E-state index is 0.0171. The van der Waals surface area contributed by atoms with E-state index in [2.05, 4.69) is 10.3 Å². The average Bonchev–Trinajstić information content (AvgIpc) is 3.07. The minimum Gasteiger partial charge on any atom is -0.477 e. The van der Waals surface area contributed by atoms with Crippen LogP contribution >= 0.6 is 0 Å². The van der Waals surface area contributed by atoms with Gasteiger partial charge in [-0.3, -0.25) is 9.78 Å². The number of aromatic carboxylic acids is 1. The summed E-state index contributed by atoms with van der Waals surface area (Å²) in [4.78, 5) is 35.6. The van der Waals surface area contributed by atoms with E-state index in [9.17, 15) is 14.7 Å². The lowest BCUT2D eigenvalue weighted by atomic mass is 9.76. The molecule has 2 aliphatic rings. The van der Waals surface area contributed by atoms with Crippen molar-refractivity contribution in [2.75, 3.05) is 18.0 Å². The molecule has 1 fully saturated rings. The number of carbonyl (C=O) groups is 2. The van der Waals surface area contributed by atoms with Crippen molar-refractivity contribution >= 4 is 28.3 Å². The summed E-state index contributed by atoms with van der Waals surface area (Å²) in [5.74, 6) is -0.987. The number of pyridine rings is 2. The van der Waals surface area contributed by atoms with Gasteiger partial charge in [-0.2, -0.15) is 0 Å². The lowest BCUT2D eigenvalue weighted by Crippen LogP contribution is -2.61. The smallest absolute Gasteiger partial charge is 0.354 e. The summed E-state index contributed by atoms with van der Waals surface area (Å²) in [6.45, 7) is 1.59. The zero-order valence-corrected chi connectivity index (χ0v) is 17.7. The van der Waals surface area contributed by atoms with E-state index in [4.69, 9.17) is 4.98 Å². The van der Waals surface area contributed by atoms with Crippen molar-refractivity contribution in [1.82, 2.24) is 15.3 Å². The summed E-state index contributed by atoms with van der Waals surface area (Å²) < 4.78 is 0. The molecule has 6 rings (SSSR count). The lowest BCUT2D eigenvalue weighted by molar-refractivity contribution is -0.125. The van der Waals surface area contributed by atoms with Crippen molar-refractivity contribution in [2.45, 2.75) is 12.0 Å². The molecular weight excluding hydrogens is 416 g/mol. The normalized spacial score (nSPS) is 16.1. The van der Waals surface area contributed by atoms with Crippen molar-refractivity contribution in [1.29, 1.82) is 0 Å². The van der Waals surface area contributed by atoms with Gasteiger partial charge in [0, 0.05) is 47.7 Å². The second-order valence-electron chi connectivity index (χ2n) is 8.50. The van der Waals surface area contributed by atoms with Gasteiger partial charge in [-0.15, -0.1) is 0 Å². The van der Waals surface area contributed by atoms with Gasteiger partial charge in [-0.05, 0) is 23.1 Å². The number of carboxylic acids is 1. The molecule has 162 valence electrons. The van der Waals surface area contributed by atoms with Crippen LogP contribution in [0.4, 0.5) is 5.69 Å². The molecule has 1 spiro atoms. The van der Waals surface area contributed by atoms with Crippen molar-refractivity contribution in [3.05, 3.63) is 90.0 Å². The maximum atomic E-state index is 13.6. The molecular formula is C26H20N4O3. The van der Waals surface area contributed by atoms with Crippen LogP contribution in [-0.2, 0) is 16.8 Å². The highest BCUT2D eigenvalue weighted by atomic mass is 16.4. The maximum Gasteiger partial charge on any atom is 0.354 e. The Balaban J connectivity index is 1.49. The molecule has 2 aromatic heterocycles. The zero-order chi connectivity index (χ0) is 22.6. The first kappa shape index (κ1) is 19.6. The molecule has 0 radical (unpaired) electrons. The van der Waals surface area contributed by atoms with Crippen LogP contribution in [0.2, 0.25) is 0 Å². The van der Waals surface area contributed by atoms with E-state index in [0.29, 0.717) is 19.6 Å². The number of para-hydroxylation sites is 1. The molecule has 2 aromatic carbocycles. The summed E-state index contributed by atoms with van der Waals surface area (Å²) in [6, 6.07) is 19.1. The molecule has 0 aliphatic carbocycles. The minimum atomic E-state index is -1.07. The van der Waals surface area contributed by atoms with Crippen LogP contribution in [0.25, 0.3) is 21.9 Å². The zero-order valence-electron chi connectivity index (χ0n) is 17.7. The van der Waals surface area contributed by atoms with Crippen LogP contribution in [0.1, 0.15) is 21.7 Å². The number of amides is 1. The number of anilines is 1. The Bertz CT molecular complexity index is 1430. The molecule has 0 bridgehead atoms. The number of nitrogens with one attached hydrogen (secondary N) is 1. The molecule has 0 atom stereocenters. The Morgan fingerprint density at radius 2 is 1.79 bits per heavy atom. The van der Waals surface area contributed by atoms with Gasteiger partial charge in [0.1, 0.15) is 11.1 Å². The van der Waals surface area contributed by atoms with E-state index >= 15 is 0 Å². The lowest BCUT2D eigenvalue weighted by Gasteiger charge is -2.38. The largest absolute Gasteiger partial charge is 0.477 e. The van der Waals surface area contributed by atoms with Gasteiger partial charge in [-0.1, -0.05) is 48.5 Å². The molecule has 2 N–H and O–H groups in total. The van der Waals surface area contributed by atoms with Crippen LogP contribution in [0.3, 0.4) is 0 Å². The molecule has 7 nitrogen and oxygen atoms in total. The Morgan fingerprint density at radius 3 is 2.52 bits per heavy atom. The fourth-order valence-electron chi connectivity index (χ4n) is 4.94. The number of fused-ring (bicyclic) bond motifs is 3. The summed E-state index contributed by atoms with van der Waals surface area (Å²) in [5, 5.41) is 14.4. The first-order valence-corrected chi connectivity index (χ1v) is 10.8. The molecule has 4 heterocycles. The van der Waals surface area contributed by atoms with Crippen LogP contribution < -0.4 is 10.2 Å². The van der Waals surface area contributed by atoms with Crippen LogP contribution in [0, 0.1) is 0 Å². The Labute approximate surface area is 189 Å². The van der Waals surface area contributed by atoms with Gasteiger partial charge >= 0.3 is 5.97 Å². The standard InChI is InChI=1S/C26H20N4O3/c31-24(32)20-10-9-17(12-28-20)23-18-6-2-1-5-16(18)11-29-21(23)13-30-22-8-4-3-7-19(22)26(25(30)33)14-27-15-26/h1-12,27H,13-15H2,(H,31,32). The SMILES string of the molecule is O=C(O)c1ccc(-c2c(CN3C(=O)C4(CNC4)c4ccccc43)ncc3ccccc23)cn1. The van der Waals surface area contributed by atoms with Gasteiger partial charge in [-0.25, -0.2) is 9.78 Å². The van der Waals surface area contributed by atoms with Crippen LogP contribution in [0.15, 0.2) is 73.1 Å². The number of hydrogen-bond donors (Lipinski definition) is 2. The Morgan fingerprint density at radius 1 is 1.00 bits per heavy atom. The molecule has 4 aromatic rings. The topological polar surface area (TPSA) is 95.4 Å². The molecule has 7 heteroatoms. The number of nitrogens with zero attached hydrogens (tertiary/aromatic N) is 3. The van der Waals surface area contributed by atoms with Gasteiger partial charge in [0.15, 0.2) is 0 Å². The highest BCUT2D eigenvalue weighted by Gasteiger charge is 2.54. The number of rotatable bonds is 4. The summed E-state index contributed by atoms with van der Waals surface area (Å²) in [5.41, 5.74) is 3.82. The van der Waals surface area contributed by atoms with E-state index in [1.165, 1.54) is 6.07 Å². The van der Waals surface area contributed by atoms with Crippen molar-refractivity contribution in [3.63, 3.8) is 0 Å². The number of carboxylic acid groups (broad SMARTS) is 1. The molecule has 1 saturated heterocycles. The second kappa shape index (κ2) is 7.21. The molecule has 2 aliphatic heterocycles. The number of carbonyl (C=O) groups excluding carboxylic acids is 1. The van der Waals surface area contributed by atoms with Crippen LogP contribution in [0.5, 0.6) is 0 Å². The maximum absolute atomic E-state index is 13.6. The predicted molar refractivity (Wildman–Crippen MR) is 124 cm³/mol. The predicted octanol–water partition coefficient (Wildman–Crippen LogP) is 3.38. The Kier molecular flexibility index (Phi) is 4.28. The Hall–Kier alpha value is -4.10.